The van der Waals surface area contributed by atoms with Gasteiger partial charge in [-0.3, -0.25) is 9.59 Å². The molecule has 2 unspecified atom stereocenters. The lowest BCUT2D eigenvalue weighted by molar-refractivity contribution is -0.141. The van der Waals surface area contributed by atoms with E-state index in [1.54, 1.807) is 24.1 Å². The van der Waals surface area contributed by atoms with E-state index in [2.05, 4.69) is 27.8 Å². The number of carbonyl (C=O) groups is 2. The summed E-state index contributed by atoms with van der Waals surface area (Å²) in [5.74, 6) is 3.17. The van der Waals surface area contributed by atoms with Crippen LogP contribution in [0.3, 0.4) is 0 Å². The second kappa shape index (κ2) is 15.1. The molecule has 6 aromatic heterocycles. The van der Waals surface area contributed by atoms with E-state index >= 15 is 4.39 Å². The molecule has 8 atom stereocenters. The second-order valence-corrected chi connectivity index (χ2v) is 22.4. The summed E-state index contributed by atoms with van der Waals surface area (Å²) in [6, 6.07) is 17.4. The van der Waals surface area contributed by atoms with Crippen LogP contribution in [-0.4, -0.2) is 98.1 Å². The van der Waals surface area contributed by atoms with E-state index in [-0.39, 0.29) is 58.9 Å². The number of likely N-dealkylation sites (tertiary alicyclic amines) is 2. The lowest BCUT2D eigenvalue weighted by Gasteiger charge is -2.58. The number of amides is 2. The van der Waals surface area contributed by atoms with Crippen molar-refractivity contribution in [2.45, 2.75) is 88.3 Å². The number of carbonyl (C=O) groups excluding carboxylic acids is 2. The maximum absolute atomic E-state index is 15.9. The predicted octanol–water partition coefficient (Wildman–Crippen LogP) is 8.92. The van der Waals surface area contributed by atoms with Crippen molar-refractivity contribution in [2.24, 2.45) is 55.3 Å². The highest BCUT2D eigenvalue weighted by molar-refractivity contribution is 6.01. The van der Waals surface area contributed by atoms with Gasteiger partial charge in [0.25, 0.3) is 11.8 Å². The van der Waals surface area contributed by atoms with E-state index in [4.69, 9.17) is 25.4 Å². The zero-order chi connectivity index (χ0) is 49.7. The predicted molar refractivity (Wildman–Crippen MR) is 264 cm³/mol. The third-order valence-corrected chi connectivity index (χ3v) is 18.3. The fourth-order valence-corrected chi connectivity index (χ4v) is 14.2. The van der Waals surface area contributed by atoms with Crippen LogP contribution < -0.4 is 10.5 Å². The van der Waals surface area contributed by atoms with Crippen LogP contribution in [0.1, 0.15) is 83.0 Å². The van der Waals surface area contributed by atoms with Crippen LogP contribution in [0.15, 0.2) is 60.7 Å². The Kier molecular flexibility index (Phi) is 9.07. The lowest BCUT2D eigenvalue weighted by atomic mass is 9.46. The Balaban J connectivity index is 0.722. The van der Waals surface area contributed by atoms with Gasteiger partial charge in [-0.2, -0.15) is 13.2 Å². The van der Waals surface area contributed by atoms with Crippen LogP contribution in [0.4, 0.5) is 17.6 Å². The van der Waals surface area contributed by atoms with Gasteiger partial charge in [0.15, 0.2) is 11.6 Å². The molecule has 5 saturated carbocycles. The summed E-state index contributed by atoms with van der Waals surface area (Å²) in [5, 5.41) is 1.60. The van der Waals surface area contributed by atoms with E-state index in [0.717, 1.165) is 80.0 Å². The molecule has 7 fully saturated rings. The normalized spacial score (nSPS) is 26.2. The molecule has 0 spiro atoms. The molecule has 5 aliphatic carbocycles. The van der Waals surface area contributed by atoms with Crippen LogP contribution in [0.2, 0.25) is 0 Å². The Labute approximate surface area is 416 Å². The second-order valence-electron chi connectivity index (χ2n) is 22.4. The van der Waals surface area contributed by atoms with Crippen LogP contribution in [-0.2, 0) is 33.4 Å². The number of rotatable bonds is 10. The molecule has 2 saturated heterocycles. The molecule has 8 aromatic rings. The lowest BCUT2D eigenvalue weighted by Crippen LogP contribution is -2.58. The zero-order valence-corrected chi connectivity index (χ0v) is 40.6. The van der Waals surface area contributed by atoms with Gasteiger partial charge >= 0.3 is 6.18 Å². The van der Waals surface area contributed by atoms with Gasteiger partial charge in [0, 0.05) is 92.4 Å². The van der Waals surface area contributed by atoms with Gasteiger partial charge in [0.05, 0.1) is 40.6 Å². The van der Waals surface area contributed by atoms with Gasteiger partial charge in [-0.05, 0) is 135 Å². The molecule has 8 heterocycles. The van der Waals surface area contributed by atoms with Gasteiger partial charge in [-0.25, -0.2) is 24.3 Å². The van der Waals surface area contributed by atoms with Gasteiger partial charge < -0.3 is 38.5 Å². The Morgan fingerprint density at radius 1 is 0.726 bits per heavy atom. The fraction of sp³-hybridized carbons (Fsp3) is 0.455. The molecule has 15 rings (SSSR count). The zero-order valence-electron chi connectivity index (χ0n) is 40.6. The number of imidazole rings is 2. The summed E-state index contributed by atoms with van der Waals surface area (Å²) in [5.41, 5.74) is 12.2. The molecular weight excluding hydrogens is 939 g/mol. The number of alkyl halides is 3. The van der Waals surface area contributed by atoms with Crippen molar-refractivity contribution in [1.82, 2.24) is 48.0 Å². The summed E-state index contributed by atoms with van der Waals surface area (Å²) >= 11 is 0. The van der Waals surface area contributed by atoms with Crippen molar-refractivity contribution in [3.63, 3.8) is 0 Å². The molecule has 2 N–H and O–H groups in total. The fourth-order valence-electron chi connectivity index (χ4n) is 14.2. The SMILES string of the molecule is COc1cc(C(=O)N2C[C@H]3C(c4ccc5cc(-c6nc7cc(C(=O)N8C[C@H]9CC[C@@H]8[C@@H]9N)c(F)cc7n6C)n(CC6CC6)c5n4)C4C[C@@H]2[C@H]43)cc2nc(-c3cc4ccc(C(F)(F)F)nc4n3CC3CC3)n(C)c12. The first-order chi connectivity index (χ1) is 35.2. The molecule has 18 heteroatoms. The van der Waals surface area contributed by atoms with E-state index in [1.165, 1.54) is 12.1 Å². The molecule has 14 nitrogen and oxygen atoms in total. The number of aromatic nitrogens is 8. The first-order valence-electron chi connectivity index (χ1n) is 25.9. The summed E-state index contributed by atoms with van der Waals surface area (Å²) in [7, 11) is 5.33. The third-order valence-electron chi connectivity index (χ3n) is 18.3. The Hall–Kier alpha value is -6.82. The van der Waals surface area contributed by atoms with Gasteiger partial charge in [0.1, 0.15) is 34.1 Å². The largest absolute Gasteiger partial charge is 0.494 e. The van der Waals surface area contributed by atoms with E-state index in [9.17, 15) is 22.8 Å². The number of nitrogens with two attached hydrogens (primary N) is 1. The van der Waals surface area contributed by atoms with Crippen molar-refractivity contribution in [3.05, 3.63) is 89.0 Å². The highest BCUT2D eigenvalue weighted by Crippen LogP contribution is 2.67. The van der Waals surface area contributed by atoms with Crippen LogP contribution in [0.5, 0.6) is 5.75 Å². The highest BCUT2D eigenvalue weighted by Gasteiger charge is 2.68. The maximum Gasteiger partial charge on any atom is 0.433 e. The summed E-state index contributed by atoms with van der Waals surface area (Å²) in [6.45, 7) is 2.49. The monoisotopic (exact) mass is 991 g/mol. The highest BCUT2D eigenvalue weighted by atomic mass is 19.4. The third kappa shape index (κ3) is 6.36. The number of hydrogen-bond acceptors (Lipinski definition) is 8. The number of benzene rings is 2. The minimum absolute atomic E-state index is 0.0321. The first kappa shape index (κ1) is 43.7. The molecular formula is C55H53F4N11O3. The molecule has 7 aliphatic rings. The molecule has 2 aromatic carbocycles. The molecule has 0 radical (unpaired) electrons. The van der Waals surface area contributed by atoms with Crippen molar-refractivity contribution < 1.29 is 31.9 Å². The minimum atomic E-state index is -4.57. The Bertz CT molecular complexity index is 3710. The summed E-state index contributed by atoms with van der Waals surface area (Å²) < 4.78 is 71.3. The number of pyridine rings is 2. The van der Waals surface area contributed by atoms with Crippen molar-refractivity contribution in [3.8, 4) is 28.8 Å². The number of ether oxygens (including phenoxy) is 1. The number of halogens is 4. The number of hydrogen-bond donors (Lipinski definition) is 1. The quantitative estimate of drug-likeness (QED) is 0.134. The van der Waals surface area contributed by atoms with Gasteiger partial charge in [-0.1, -0.05) is 0 Å². The van der Waals surface area contributed by atoms with Crippen LogP contribution >= 0.6 is 0 Å². The van der Waals surface area contributed by atoms with Crippen molar-refractivity contribution in [2.75, 3.05) is 20.2 Å². The smallest absolute Gasteiger partial charge is 0.433 e. The maximum atomic E-state index is 15.9. The molecule has 2 amide bonds. The average molecular weight is 992 g/mol. The van der Waals surface area contributed by atoms with Crippen molar-refractivity contribution >= 4 is 55.9 Å². The number of methoxy groups -OCH3 is 1. The molecule has 2 aliphatic heterocycles. The Morgan fingerprint density at radius 3 is 2.05 bits per heavy atom. The first-order valence-corrected chi connectivity index (χ1v) is 25.9. The van der Waals surface area contributed by atoms with Crippen molar-refractivity contribution in [1.29, 1.82) is 0 Å². The standard InChI is InChI=1S/C55H53F4N11O3/c1-65-39-20-34(56)31(54(72)69-23-29-9-12-38(69)47(29)60)18-36(39)62-51(65)41-15-27-8-11-35(61-49(27)67(41)21-25-4-5-25)45-32-19-40-46(32)33(45)24-70(40)53(71)30-14-37-48(43(17-30)73-3)66(2)52(63-37)42-16-28-10-13-44(55(57,58)59)64-50(28)68(42)22-26-6-7-26/h8,10-11,13-18,20,25-26,29,32-33,38,40,45-47H,4-7,9,12,19,21-24,60H2,1-3H3/t29-,32?,33+,38-,40-,45?,46-,47-/m1/s1. The minimum Gasteiger partial charge on any atom is -0.494 e. The molecule has 374 valence electrons. The van der Waals surface area contributed by atoms with E-state index in [1.807, 2.05) is 44.8 Å². The molecule has 73 heavy (non-hydrogen) atoms. The van der Waals surface area contributed by atoms with E-state index < -0.39 is 17.7 Å². The van der Waals surface area contributed by atoms with E-state index in [0.29, 0.717) is 99.4 Å². The number of piperidine rings is 1. The average Bonchev–Trinajstić information content (AvgIpc) is 4.16. The number of nitrogens with zero attached hydrogens (tertiary/aromatic N) is 10. The summed E-state index contributed by atoms with van der Waals surface area (Å²) in [6.07, 6.45) is 2.44. The molecule has 2 bridgehead atoms. The number of fused-ring (bicyclic) bond motifs is 6. The number of aryl methyl sites for hydroxylation is 2. The summed E-state index contributed by atoms with van der Waals surface area (Å²) in [4.78, 5) is 52.0. The van der Waals surface area contributed by atoms with Crippen LogP contribution in [0, 0.1) is 41.3 Å². The van der Waals surface area contributed by atoms with Gasteiger partial charge in [-0.15, -0.1) is 0 Å². The van der Waals surface area contributed by atoms with Gasteiger partial charge in [0.2, 0.25) is 0 Å². The van der Waals surface area contributed by atoms with Crippen LogP contribution in [0.25, 0.3) is 67.2 Å². The Morgan fingerprint density at radius 2 is 1.40 bits per heavy atom. The topological polar surface area (TPSA) is 147 Å².